The number of amides is 2. The summed E-state index contributed by atoms with van der Waals surface area (Å²) >= 11 is 6.02. The van der Waals surface area contributed by atoms with Gasteiger partial charge in [0.25, 0.3) is 5.91 Å². The van der Waals surface area contributed by atoms with Crippen LogP contribution in [0.2, 0.25) is 5.02 Å². The topological polar surface area (TPSA) is 87.3 Å². The Labute approximate surface area is 204 Å². The summed E-state index contributed by atoms with van der Waals surface area (Å²) in [6.45, 7) is 2.18. The van der Waals surface area contributed by atoms with Crippen LogP contribution in [0.5, 0.6) is 0 Å². The number of nitrogens with one attached hydrogen (secondary N) is 2. The molecule has 1 spiro atoms. The molecular weight excluding hydrogens is 478 g/mol. The Morgan fingerprint density at radius 3 is 2.74 bits per heavy atom. The van der Waals surface area contributed by atoms with E-state index in [9.17, 15) is 14.0 Å². The number of fused-ring (bicyclic) bond motifs is 2. The van der Waals surface area contributed by atoms with E-state index in [0.29, 0.717) is 30.8 Å². The Kier molecular flexibility index (Phi) is 5.80. The zero-order chi connectivity index (χ0) is 24.7. The molecule has 10 heteroatoms. The first kappa shape index (κ1) is 23.0. The Balaban J connectivity index is 1.44. The number of hydrogen-bond acceptors (Lipinski definition) is 4. The molecule has 1 unspecified atom stereocenters. The third-order valence-electron chi connectivity index (χ3n) is 6.32. The number of hydrogen-bond donors (Lipinski definition) is 2. The van der Waals surface area contributed by atoms with Crippen LogP contribution < -0.4 is 5.32 Å². The standard InChI is InChI=1S/C25H21ClF2N4O3/c1-2-16(14-4-6-15(27)7-5-14)22-29-12-19(30-22)23(33)32-11-3-10-25(13-32)20-18(31-24(34)35-25)9-8-17(26)21(20)28/h2,4-9,12H,3,10-11,13H2,1H3,(H,29,30)(H,31,34). The number of ether oxygens (including phenoxy) is 1. The minimum atomic E-state index is -1.36. The summed E-state index contributed by atoms with van der Waals surface area (Å²) in [6, 6.07) is 8.86. The molecule has 2 N–H and O–H groups in total. The van der Waals surface area contributed by atoms with Crippen LogP contribution in [0.25, 0.3) is 5.57 Å². The molecule has 1 saturated heterocycles. The number of anilines is 1. The van der Waals surface area contributed by atoms with Gasteiger partial charge in [0, 0.05) is 12.1 Å². The molecule has 35 heavy (non-hydrogen) atoms. The van der Waals surface area contributed by atoms with Gasteiger partial charge in [0.2, 0.25) is 0 Å². The van der Waals surface area contributed by atoms with Gasteiger partial charge in [-0.3, -0.25) is 10.1 Å². The van der Waals surface area contributed by atoms with Gasteiger partial charge in [0.1, 0.15) is 17.3 Å². The highest BCUT2D eigenvalue weighted by molar-refractivity contribution is 6.31. The molecule has 2 aromatic carbocycles. The number of allylic oxidation sites excluding steroid dienone is 1. The Morgan fingerprint density at radius 2 is 2.00 bits per heavy atom. The summed E-state index contributed by atoms with van der Waals surface area (Å²) in [6.07, 6.45) is 3.35. The van der Waals surface area contributed by atoms with Crippen LogP contribution in [0.15, 0.2) is 48.7 Å². The number of aromatic amines is 1. The van der Waals surface area contributed by atoms with Crippen molar-refractivity contribution in [3.8, 4) is 0 Å². The maximum absolute atomic E-state index is 15.1. The highest BCUT2D eigenvalue weighted by atomic mass is 35.5. The first-order valence-electron chi connectivity index (χ1n) is 11.1. The smallest absolute Gasteiger partial charge is 0.412 e. The van der Waals surface area contributed by atoms with Gasteiger partial charge in [-0.05, 0) is 49.6 Å². The largest absolute Gasteiger partial charge is 0.436 e. The number of piperidine rings is 1. The summed E-state index contributed by atoms with van der Waals surface area (Å²) in [4.78, 5) is 34.5. The van der Waals surface area contributed by atoms with Crippen molar-refractivity contribution in [3.05, 3.63) is 88.0 Å². The fourth-order valence-corrected chi connectivity index (χ4v) is 4.91. The Morgan fingerprint density at radius 1 is 1.23 bits per heavy atom. The van der Waals surface area contributed by atoms with E-state index < -0.39 is 17.5 Å². The molecule has 2 amide bonds. The van der Waals surface area contributed by atoms with Crippen LogP contribution in [0, 0.1) is 11.6 Å². The Bertz CT molecular complexity index is 1360. The van der Waals surface area contributed by atoms with E-state index in [-0.39, 0.29) is 40.2 Å². The van der Waals surface area contributed by atoms with E-state index in [1.54, 1.807) is 12.1 Å². The van der Waals surface area contributed by atoms with Gasteiger partial charge in [0.05, 0.1) is 29.0 Å². The zero-order valence-electron chi connectivity index (χ0n) is 18.7. The first-order chi connectivity index (χ1) is 16.8. The molecule has 0 aliphatic carbocycles. The lowest BCUT2D eigenvalue weighted by molar-refractivity contribution is -0.0419. The van der Waals surface area contributed by atoms with Crippen LogP contribution in [0.1, 0.15) is 47.2 Å². The van der Waals surface area contributed by atoms with Crippen LogP contribution in [0.4, 0.5) is 19.3 Å². The minimum Gasteiger partial charge on any atom is -0.436 e. The van der Waals surface area contributed by atoms with Gasteiger partial charge >= 0.3 is 6.09 Å². The van der Waals surface area contributed by atoms with Crippen molar-refractivity contribution in [2.45, 2.75) is 25.4 Å². The number of imidazole rings is 1. The third-order valence-corrected chi connectivity index (χ3v) is 6.61. The van der Waals surface area contributed by atoms with Gasteiger partial charge in [-0.1, -0.05) is 29.8 Å². The molecule has 3 heterocycles. The first-order valence-corrected chi connectivity index (χ1v) is 11.4. The molecule has 7 nitrogen and oxygen atoms in total. The third kappa shape index (κ3) is 4.05. The van der Waals surface area contributed by atoms with Crippen LogP contribution >= 0.6 is 11.6 Å². The Hall–Kier alpha value is -3.72. The number of likely N-dealkylation sites (tertiary alicyclic amines) is 1. The molecule has 3 aromatic rings. The van der Waals surface area contributed by atoms with Gasteiger partial charge in [-0.15, -0.1) is 0 Å². The molecule has 1 atom stereocenters. The highest BCUT2D eigenvalue weighted by Crippen LogP contribution is 2.45. The molecule has 5 rings (SSSR count). The fourth-order valence-electron chi connectivity index (χ4n) is 4.75. The molecule has 1 aromatic heterocycles. The van der Waals surface area contributed by atoms with E-state index in [1.807, 2.05) is 13.0 Å². The monoisotopic (exact) mass is 498 g/mol. The van der Waals surface area contributed by atoms with Crippen LogP contribution in [0.3, 0.4) is 0 Å². The maximum atomic E-state index is 15.1. The predicted octanol–water partition coefficient (Wildman–Crippen LogP) is 5.49. The summed E-state index contributed by atoms with van der Waals surface area (Å²) in [7, 11) is 0. The second-order valence-electron chi connectivity index (χ2n) is 8.48. The number of benzene rings is 2. The average Bonchev–Trinajstić information content (AvgIpc) is 3.32. The fraction of sp³-hybridized carbons (Fsp3) is 0.240. The molecule has 180 valence electrons. The maximum Gasteiger partial charge on any atom is 0.412 e. The SMILES string of the molecule is CC=C(c1ccc(F)cc1)c1ncc(C(=O)N2CCCC3(C2)OC(=O)Nc2ccc(Cl)c(F)c23)[nH]1. The lowest BCUT2D eigenvalue weighted by Crippen LogP contribution is -2.53. The number of aromatic nitrogens is 2. The van der Waals surface area contributed by atoms with Gasteiger partial charge in [-0.2, -0.15) is 0 Å². The zero-order valence-corrected chi connectivity index (χ0v) is 19.5. The molecule has 0 saturated carbocycles. The van der Waals surface area contributed by atoms with Crippen molar-refractivity contribution < 1.29 is 23.1 Å². The van der Waals surface area contributed by atoms with Gasteiger partial charge in [0.15, 0.2) is 11.4 Å². The quantitative estimate of drug-likeness (QED) is 0.500. The number of carbonyl (C=O) groups excluding carboxylic acids is 2. The average molecular weight is 499 g/mol. The molecular formula is C25H21ClF2N4O3. The second-order valence-corrected chi connectivity index (χ2v) is 8.88. The van der Waals surface area contributed by atoms with Crippen LogP contribution in [-0.2, 0) is 10.3 Å². The van der Waals surface area contributed by atoms with Gasteiger partial charge < -0.3 is 14.6 Å². The molecule has 2 aliphatic rings. The molecule has 1 fully saturated rings. The van der Waals surface area contributed by atoms with Crippen molar-refractivity contribution in [2.24, 2.45) is 0 Å². The molecule has 0 bridgehead atoms. The summed E-state index contributed by atoms with van der Waals surface area (Å²) in [5, 5.41) is 2.41. The van der Waals surface area contributed by atoms with E-state index in [1.165, 1.54) is 35.4 Å². The van der Waals surface area contributed by atoms with E-state index in [2.05, 4.69) is 15.3 Å². The lowest BCUT2D eigenvalue weighted by Gasteiger charge is -2.45. The number of halogens is 3. The van der Waals surface area contributed by atoms with Gasteiger partial charge in [-0.25, -0.2) is 18.6 Å². The molecule has 2 aliphatic heterocycles. The normalized spacial score (nSPS) is 19.8. The van der Waals surface area contributed by atoms with Crippen molar-refractivity contribution in [3.63, 3.8) is 0 Å². The van der Waals surface area contributed by atoms with Crippen molar-refractivity contribution in [1.29, 1.82) is 0 Å². The highest BCUT2D eigenvalue weighted by Gasteiger charge is 2.48. The lowest BCUT2D eigenvalue weighted by atomic mass is 9.83. The van der Waals surface area contributed by atoms with Crippen LogP contribution in [-0.4, -0.2) is 40.0 Å². The summed E-state index contributed by atoms with van der Waals surface area (Å²) in [5.41, 5.74) is 0.733. The van der Waals surface area contributed by atoms with E-state index in [0.717, 1.165) is 5.56 Å². The number of H-pyrrole nitrogens is 1. The molecule has 0 radical (unpaired) electrons. The van der Waals surface area contributed by atoms with Crippen molar-refractivity contribution in [1.82, 2.24) is 14.9 Å². The van der Waals surface area contributed by atoms with E-state index in [4.69, 9.17) is 16.3 Å². The predicted molar refractivity (Wildman–Crippen MR) is 126 cm³/mol. The second kappa shape index (κ2) is 8.81. The number of rotatable bonds is 3. The van der Waals surface area contributed by atoms with Crippen molar-refractivity contribution in [2.75, 3.05) is 18.4 Å². The summed E-state index contributed by atoms with van der Waals surface area (Å²) < 4.78 is 34.0. The summed E-state index contributed by atoms with van der Waals surface area (Å²) in [5.74, 6) is -0.947. The minimum absolute atomic E-state index is 0.0354. The number of nitrogens with zero attached hydrogens (tertiary/aromatic N) is 2. The van der Waals surface area contributed by atoms with E-state index >= 15 is 4.39 Å². The number of carbonyl (C=O) groups is 2. The van der Waals surface area contributed by atoms with Crippen molar-refractivity contribution >= 4 is 34.9 Å².